The summed E-state index contributed by atoms with van der Waals surface area (Å²) < 4.78 is 0. The minimum absolute atomic E-state index is 0.0507. The Hall–Kier alpha value is -1.55. The fraction of sp³-hybridized carbons (Fsp3) is 0.562. The lowest BCUT2D eigenvalue weighted by molar-refractivity contribution is -0.123. The minimum atomic E-state index is -0.852. The van der Waals surface area contributed by atoms with Gasteiger partial charge in [0, 0.05) is 18.7 Å². The van der Waals surface area contributed by atoms with Crippen molar-refractivity contribution in [3.63, 3.8) is 0 Å². The summed E-state index contributed by atoms with van der Waals surface area (Å²) in [6.07, 6.45) is 1.37. The number of amides is 1. The molecule has 1 amide bonds. The molecule has 1 aromatic rings. The number of fused-ring (bicyclic) bond motifs is 1. The smallest absolute Gasteiger partial charge is 0.242 e. The monoisotopic (exact) mass is 276 g/mol. The molecule has 1 aromatic carbocycles. The first-order valence-corrected chi connectivity index (χ1v) is 7.22. The van der Waals surface area contributed by atoms with Crippen molar-refractivity contribution in [1.82, 2.24) is 5.32 Å². The molecule has 110 valence electrons. The molecule has 2 atom stereocenters. The van der Waals surface area contributed by atoms with Gasteiger partial charge in [-0.1, -0.05) is 32.0 Å². The summed E-state index contributed by atoms with van der Waals surface area (Å²) in [6, 6.07) is 7.72. The molecule has 0 spiro atoms. The molecule has 1 heterocycles. The first kappa shape index (κ1) is 14.9. The largest absolute Gasteiger partial charge is 0.388 e. The van der Waals surface area contributed by atoms with Crippen molar-refractivity contribution in [2.45, 2.75) is 45.3 Å². The Kier molecular flexibility index (Phi) is 4.33. The highest BCUT2D eigenvalue weighted by Crippen LogP contribution is 2.25. The zero-order valence-corrected chi connectivity index (χ0v) is 12.4. The van der Waals surface area contributed by atoms with Gasteiger partial charge >= 0.3 is 0 Å². The van der Waals surface area contributed by atoms with Crippen LogP contribution in [0.3, 0.4) is 0 Å². The lowest BCUT2D eigenvalue weighted by atomic mass is 9.94. The van der Waals surface area contributed by atoms with Crippen LogP contribution in [0.2, 0.25) is 0 Å². The van der Waals surface area contributed by atoms with Gasteiger partial charge in [0.25, 0.3) is 0 Å². The van der Waals surface area contributed by atoms with Crippen LogP contribution in [0.15, 0.2) is 24.3 Å². The van der Waals surface area contributed by atoms with Crippen LogP contribution >= 0.6 is 0 Å². The van der Waals surface area contributed by atoms with E-state index in [0.29, 0.717) is 25.3 Å². The van der Waals surface area contributed by atoms with E-state index in [1.165, 1.54) is 5.56 Å². The van der Waals surface area contributed by atoms with E-state index in [0.717, 1.165) is 5.69 Å². The molecular formula is C16H24N2O2. The van der Waals surface area contributed by atoms with Crippen LogP contribution in [-0.4, -0.2) is 29.2 Å². The Balaban J connectivity index is 1.85. The van der Waals surface area contributed by atoms with E-state index in [2.05, 4.69) is 24.5 Å². The fourth-order valence-electron chi connectivity index (χ4n) is 2.81. The Morgan fingerprint density at radius 3 is 2.85 bits per heavy atom. The second-order valence-electron chi connectivity index (χ2n) is 6.37. The predicted octanol–water partition coefficient (Wildman–Crippen LogP) is 1.94. The molecular weight excluding hydrogens is 252 g/mol. The third kappa shape index (κ3) is 3.73. The van der Waals surface area contributed by atoms with Crippen molar-refractivity contribution >= 4 is 11.6 Å². The number of carbonyl (C=O) groups is 1. The number of hydrogen-bond acceptors (Lipinski definition) is 3. The van der Waals surface area contributed by atoms with E-state index >= 15 is 0 Å². The van der Waals surface area contributed by atoms with Crippen molar-refractivity contribution < 1.29 is 9.90 Å². The number of carbonyl (C=O) groups excluding carboxylic acids is 1. The topological polar surface area (TPSA) is 61.4 Å². The second kappa shape index (κ2) is 5.83. The number of nitrogens with one attached hydrogen (secondary N) is 2. The molecule has 0 radical (unpaired) electrons. The Morgan fingerprint density at radius 1 is 1.50 bits per heavy atom. The average molecular weight is 276 g/mol. The molecule has 0 bridgehead atoms. The summed E-state index contributed by atoms with van der Waals surface area (Å²) in [7, 11) is 0. The van der Waals surface area contributed by atoms with E-state index < -0.39 is 5.60 Å². The summed E-state index contributed by atoms with van der Waals surface area (Å²) in [5, 5.41) is 16.3. The fourth-order valence-corrected chi connectivity index (χ4v) is 2.81. The Bertz CT molecular complexity index is 458. The van der Waals surface area contributed by atoms with Crippen LogP contribution in [0.1, 0.15) is 32.8 Å². The average Bonchev–Trinajstić information content (AvgIpc) is 2.78. The van der Waals surface area contributed by atoms with Crippen LogP contribution in [0.5, 0.6) is 0 Å². The van der Waals surface area contributed by atoms with Crippen LogP contribution in [0.25, 0.3) is 0 Å². The van der Waals surface area contributed by atoms with E-state index in [-0.39, 0.29) is 11.9 Å². The first-order chi connectivity index (χ1) is 9.37. The minimum Gasteiger partial charge on any atom is -0.388 e. The van der Waals surface area contributed by atoms with Crippen molar-refractivity contribution in [1.29, 1.82) is 0 Å². The molecule has 1 aliphatic rings. The molecule has 0 aliphatic carbocycles. The van der Waals surface area contributed by atoms with Gasteiger partial charge in [0.05, 0.1) is 5.60 Å². The molecule has 0 aromatic heterocycles. The van der Waals surface area contributed by atoms with Gasteiger partial charge in [-0.2, -0.15) is 0 Å². The summed E-state index contributed by atoms with van der Waals surface area (Å²) in [5.41, 5.74) is 1.35. The number of anilines is 1. The van der Waals surface area contributed by atoms with Crippen molar-refractivity contribution in [3.8, 4) is 0 Å². The van der Waals surface area contributed by atoms with Gasteiger partial charge in [0.2, 0.25) is 5.91 Å². The maximum absolute atomic E-state index is 12.2. The molecule has 2 rings (SSSR count). The third-order valence-electron chi connectivity index (χ3n) is 3.58. The van der Waals surface area contributed by atoms with Crippen LogP contribution in [-0.2, 0) is 11.2 Å². The standard InChI is InChI=1S/C16H24N2O2/c1-11(2)9-16(3,20)10-17-15(19)14-8-12-6-4-5-7-13(12)18-14/h4-7,11,14,18,20H,8-10H2,1-3H3,(H,17,19). The quantitative estimate of drug-likeness (QED) is 0.770. The Morgan fingerprint density at radius 2 is 2.20 bits per heavy atom. The number of hydrogen-bond donors (Lipinski definition) is 3. The second-order valence-corrected chi connectivity index (χ2v) is 6.37. The summed E-state index contributed by atoms with van der Waals surface area (Å²) in [4.78, 5) is 12.2. The molecule has 2 unspecified atom stereocenters. The predicted molar refractivity (Wildman–Crippen MR) is 80.6 cm³/mol. The normalized spacial score (nSPS) is 20.1. The number of para-hydroxylation sites is 1. The molecule has 20 heavy (non-hydrogen) atoms. The number of benzene rings is 1. The molecule has 0 saturated carbocycles. The van der Waals surface area contributed by atoms with E-state index in [9.17, 15) is 9.90 Å². The van der Waals surface area contributed by atoms with Crippen molar-refractivity contribution in [2.24, 2.45) is 5.92 Å². The highest BCUT2D eigenvalue weighted by atomic mass is 16.3. The highest BCUT2D eigenvalue weighted by molar-refractivity contribution is 5.87. The third-order valence-corrected chi connectivity index (χ3v) is 3.58. The SMILES string of the molecule is CC(C)CC(C)(O)CNC(=O)C1Cc2ccccc2N1. The molecule has 0 saturated heterocycles. The van der Waals surface area contributed by atoms with Gasteiger partial charge in [0.15, 0.2) is 0 Å². The van der Waals surface area contributed by atoms with Gasteiger partial charge < -0.3 is 15.7 Å². The molecule has 3 N–H and O–H groups in total. The zero-order chi connectivity index (χ0) is 14.8. The van der Waals surface area contributed by atoms with Gasteiger partial charge in [-0.25, -0.2) is 0 Å². The molecule has 1 aliphatic heterocycles. The first-order valence-electron chi connectivity index (χ1n) is 7.22. The summed E-state index contributed by atoms with van der Waals surface area (Å²) in [5.74, 6) is 0.348. The lowest BCUT2D eigenvalue weighted by Crippen LogP contribution is -2.46. The van der Waals surface area contributed by atoms with Gasteiger partial charge in [0.1, 0.15) is 6.04 Å². The van der Waals surface area contributed by atoms with E-state index in [1.807, 2.05) is 24.3 Å². The number of aliphatic hydroxyl groups is 1. The van der Waals surface area contributed by atoms with Gasteiger partial charge in [-0.15, -0.1) is 0 Å². The van der Waals surface area contributed by atoms with Crippen molar-refractivity contribution in [2.75, 3.05) is 11.9 Å². The van der Waals surface area contributed by atoms with Crippen molar-refractivity contribution in [3.05, 3.63) is 29.8 Å². The van der Waals surface area contributed by atoms with Crippen LogP contribution in [0, 0.1) is 5.92 Å². The number of rotatable bonds is 5. The highest BCUT2D eigenvalue weighted by Gasteiger charge is 2.28. The molecule has 4 nitrogen and oxygen atoms in total. The zero-order valence-electron chi connectivity index (χ0n) is 12.4. The van der Waals surface area contributed by atoms with Gasteiger partial charge in [-0.3, -0.25) is 4.79 Å². The lowest BCUT2D eigenvalue weighted by Gasteiger charge is -2.26. The van der Waals surface area contributed by atoms with E-state index in [4.69, 9.17) is 0 Å². The van der Waals surface area contributed by atoms with Gasteiger partial charge in [-0.05, 0) is 30.9 Å². The molecule has 4 heteroatoms. The Labute approximate surface area is 120 Å². The van der Waals surface area contributed by atoms with E-state index in [1.54, 1.807) is 6.92 Å². The maximum atomic E-state index is 12.2. The molecule has 0 fully saturated rings. The van der Waals surface area contributed by atoms with Crippen LogP contribution in [0.4, 0.5) is 5.69 Å². The van der Waals surface area contributed by atoms with Crippen LogP contribution < -0.4 is 10.6 Å². The summed E-state index contributed by atoms with van der Waals surface area (Å²) in [6.45, 7) is 6.18. The summed E-state index contributed by atoms with van der Waals surface area (Å²) >= 11 is 0. The maximum Gasteiger partial charge on any atom is 0.242 e.